The van der Waals surface area contributed by atoms with Gasteiger partial charge in [0.05, 0.1) is 0 Å². The molecular weight excluding hydrogens is 373 g/mol. The zero-order valence-corrected chi connectivity index (χ0v) is 14.4. The van der Waals surface area contributed by atoms with E-state index in [-0.39, 0.29) is 24.9 Å². The number of nitrogens with one attached hydrogen (secondary N) is 2. The molecule has 0 radical (unpaired) electrons. The number of rotatable bonds is 6. The van der Waals surface area contributed by atoms with Crippen LogP contribution >= 0.6 is 0 Å². The molecule has 0 aliphatic carbocycles. The Bertz CT molecular complexity index is 805. The Morgan fingerprint density at radius 2 is 1.74 bits per heavy atom. The summed E-state index contributed by atoms with van der Waals surface area (Å²) in [5.74, 6) is -3.27. The molecule has 6 nitrogen and oxygen atoms in total. The third-order valence-electron chi connectivity index (χ3n) is 3.34. The Morgan fingerprint density at radius 1 is 1.11 bits per heavy atom. The molecule has 0 atom stereocenters. The highest BCUT2D eigenvalue weighted by Crippen LogP contribution is 2.30. The normalized spacial score (nSPS) is 11.2. The first-order valence-electron chi connectivity index (χ1n) is 7.69. The lowest BCUT2D eigenvalue weighted by Crippen LogP contribution is -2.30. The quantitative estimate of drug-likeness (QED) is 0.587. The van der Waals surface area contributed by atoms with Crippen molar-refractivity contribution in [2.24, 2.45) is 0 Å². The molecule has 27 heavy (non-hydrogen) atoms. The second kappa shape index (κ2) is 8.14. The van der Waals surface area contributed by atoms with Crippen molar-refractivity contribution in [2.45, 2.75) is 6.18 Å². The van der Waals surface area contributed by atoms with Gasteiger partial charge in [0.25, 0.3) is 5.91 Å². The van der Waals surface area contributed by atoms with Crippen LogP contribution in [0.4, 0.5) is 33.7 Å². The standard InChI is InChI=1S/C16H16F5N5O/c1-26(2)12-8-11(16(19,20)21)24-15(25-12)23-7-6-22-14(27)13-9(17)4-3-5-10(13)18/h3-5,8H,6-7H2,1-2H3,(H,22,27)(H,23,24,25). The highest BCUT2D eigenvalue weighted by atomic mass is 19.4. The van der Waals surface area contributed by atoms with E-state index in [1.165, 1.54) is 19.0 Å². The SMILES string of the molecule is CN(C)c1cc(C(F)(F)F)nc(NCCNC(=O)c2c(F)cccc2F)n1. The number of amides is 1. The van der Waals surface area contributed by atoms with E-state index < -0.39 is 35.0 Å². The molecule has 1 amide bonds. The molecule has 0 spiro atoms. The van der Waals surface area contributed by atoms with Gasteiger partial charge in [0.2, 0.25) is 5.95 Å². The molecule has 2 N–H and O–H groups in total. The first-order chi connectivity index (χ1) is 12.6. The Balaban J connectivity index is 2.01. The lowest BCUT2D eigenvalue weighted by Gasteiger charge is -2.16. The summed E-state index contributed by atoms with van der Waals surface area (Å²) in [6.07, 6.45) is -4.65. The largest absolute Gasteiger partial charge is 0.433 e. The molecule has 0 fully saturated rings. The highest BCUT2D eigenvalue weighted by Gasteiger charge is 2.34. The predicted molar refractivity (Wildman–Crippen MR) is 88.5 cm³/mol. The summed E-state index contributed by atoms with van der Waals surface area (Å²) in [7, 11) is 3.05. The molecule has 1 aromatic heterocycles. The van der Waals surface area contributed by atoms with Gasteiger partial charge in [-0.05, 0) is 12.1 Å². The van der Waals surface area contributed by atoms with E-state index in [1.807, 2.05) is 0 Å². The molecule has 0 saturated heterocycles. The van der Waals surface area contributed by atoms with E-state index in [0.717, 1.165) is 24.3 Å². The van der Waals surface area contributed by atoms with Crippen molar-refractivity contribution in [1.29, 1.82) is 0 Å². The molecule has 0 aliphatic heterocycles. The van der Waals surface area contributed by atoms with Crippen LogP contribution in [0.5, 0.6) is 0 Å². The number of hydrogen-bond acceptors (Lipinski definition) is 5. The number of aromatic nitrogens is 2. The van der Waals surface area contributed by atoms with Crippen LogP contribution in [0.25, 0.3) is 0 Å². The topological polar surface area (TPSA) is 70.2 Å². The van der Waals surface area contributed by atoms with E-state index in [2.05, 4.69) is 20.6 Å². The maximum absolute atomic E-state index is 13.5. The van der Waals surface area contributed by atoms with E-state index >= 15 is 0 Å². The van der Waals surface area contributed by atoms with Gasteiger partial charge in [0, 0.05) is 33.3 Å². The van der Waals surface area contributed by atoms with Crippen LogP contribution in [-0.2, 0) is 6.18 Å². The van der Waals surface area contributed by atoms with Crippen LogP contribution in [0, 0.1) is 11.6 Å². The van der Waals surface area contributed by atoms with Gasteiger partial charge >= 0.3 is 6.18 Å². The summed E-state index contributed by atoms with van der Waals surface area (Å²) in [6, 6.07) is 3.80. The van der Waals surface area contributed by atoms with Gasteiger partial charge in [-0.1, -0.05) is 6.07 Å². The minimum atomic E-state index is -4.65. The lowest BCUT2D eigenvalue weighted by atomic mass is 10.2. The van der Waals surface area contributed by atoms with Crippen molar-refractivity contribution in [3.05, 3.63) is 47.2 Å². The molecule has 11 heteroatoms. The van der Waals surface area contributed by atoms with Crippen molar-refractivity contribution < 1.29 is 26.7 Å². The molecule has 2 rings (SSSR count). The number of nitrogens with zero attached hydrogens (tertiary/aromatic N) is 3. The smallest absolute Gasteiger partial charge is 0.363 e. The third kappa shape index (κ3) is 5.25. The molecule has 1 heterocycles. The minimum absolute atomic E-state index is 0.0392. The van der Waals surface area contributed by atoms with Crippen LogP contribution in [0.1, 0.15) is 16.1 Å². The van der Waals surface area contributed by atoms with Gasteiger partial charge in [-0.25, -0.2) is 13.8 Å². The molecule has 1 aromatic carbocycles. The summed E-state index contributed by atoms with van der Waals surface area (Å²) in [5, 5.41) is 4.80. The van der Waals surface area contributed by atoms with E-state index in [0.29, 0.717) is 0 Å². The number of benzene rings is 1. The molecule has 0 unspecified atom stereocenters. The van der Waals surface area contributed by atoms with E-state index in [4.69, 9.17) is 0 Å². The average Bonchev–Trinajstić information content (AvgIpc) is 2.57. The molecule has 0 saturated carbocycles. The summed E-state index contributed by atoms with van der Waals surface area (Å²) in [6.45, 7) is -0.181. The van der Waals surface area contributed by atoms with Gasteiger partial charge in [-0.3, -0.25) is 4.79 Å². The van der Waals surface area contributed by atoms with Crippen LogP contribution in [0.3, 0.4) is 0 Å². The van der Waals surface area contributed by atoms with Gasteiger partial charge < -0.3 is 15.5 Å². The second-order valence-electron chi connectivity index (χ2n) is 5.61. The van der Waals surface area contributed by atoms with Crippen molar-refractivity contribution >= 4 is 17.7 Å². The third-order valence-corrected chi connectivity index (χ3v) is 3.34. The molecule has 0 aliphatic rings. The number of halogens is 5. The summed E-state index contributed by atoms with van der Waals surface area (Å²) >= 11 is 0. The second-order valence-corrected chi connectivity index (χ2v) is 5.61. The van der Waals surface area contributed by atoms with Gasteiger partial charge in [-0.2, -0.15) is 18.2 Å². The van der Waals surface area contributed by atoms with Gasteiger partial charge in [0.1, 0.15) is 23.0 Å². The van der Waals surface area contributed by atoms with Gasteiger partial charge in [-0.15, -0.1) is 0 Å². The number of carbonyl (C=O) groups is 1. The minimum Gasteiger partial charge on any atom is -0.363 e. The fourth-order valence-corrected chi connectivity index (χ4v) is 2.04. The number of alkyl halides is 3. The fourth-order valence-electron chi connectivity index (χ4n) is 2.04. The van der Waals surface area contributed by atoms with Crippen LogP contribution in [0.2, 0.25) is 0 Å². The zero-order chi connectivity index (χ0) is 20.2. The van der Waals surface area contributed by atoms with Crippen LogP contribution < -0.4 is 15.5 Å². The lowest BCUT2D eigenvalue weighted by molar-refractivity contribution is -0.141. The summed E-state index contributed by atoms with van der Waals surface area (Å²) in [4.78, 5) is 20.5. The van der Waals surface area contributed by atoms with Crippen molar-refractivity contribution in [3.63, 3.8) is 0 Å². The first kappa shape index (κ1) is 20.3. The molecule has 2 aromatic rings. The summed E-state index contributed by atoms with van der Waals surface area (Å²) < 4.78 is 65.7. The summed E-state index contributed by atoms with van der Waals surface area (Å²) in [5.41, 5.74) is -1.86. The maximum atomic E-state index is 13.5. The number of carbonyl (C=O) groups excluding carboxylic acids is 1. The molecular formula is C16H16F5N5O. The average molecular weight is 389 g/mol. The van der Waals surface area contributed by atoms with E-state index in [9.17, 15) is 26.7 Å². The Hall–Kier alpha value is -2.98. The number of hydrogen-bond donors (Lipinski definition) is 2. The van der Waals surface area contributed by atoms with Crippen molar-refractivity contribution in [3.8, 4) is 0 Å². The Morgan fingerprint density at radius 3 is 2.30 bits per heavy atom. The molecule has 146 valence electrons. The Kier molecular flexibility index (Phi) is 6.13. The van der Waals surface area contributed by atoms with Crippen molar-refractivity contribution in [2.75, 3.05) is 37.4 Å². The van der Waals surface area contributed by atoms with Gasteiger partial charge in [0.15, 0.2) is 5.69 Å². The van der Waals surface area contributed by atoms with E-state index in [1.54, 1.807) is 0 Å². The predicted octanol–water partition coefficient (Wildman–Crippen LogP) is 2.68. The maximum Gasteiger partial charge on any atom is 0.433 e. The highest BCUT2D eigenvalue weighted by molar-refractivity contribution is 5.94. The van der Waals surface area contributed by atoms with Crippen LogP contribution in [-0.4, -0.2) is 43.1 Å². The Labute approximate surface area is 151 Å². The number of anilines is 2. The monoisotopic (exact) mass is 389 g/mol. The van der Waals surface area contributed by atoms with Crippen molar-refractivity contribution in [1.82, 2.24) is 15.3 Å². The zero-order valence-electron chi connectivity index (χ0n) is 14.4. The fraction of sp³-hybridized carbons (Fsp3) is 0.312. The first-order valence-corrected chi connectivity index (χ1v) is 7.69. The van der Waals surface area contributed by atoms with Crippen LogP contribution in [0.15, 0.2) is 24.3 Å². The molecule has 0 bridgehead atoms.